The van der Waals surface area contributed by atoms with E-state index in [-0.39, 0.29) is 5.91 Å². The van der Waals surface area contributed by atoms with Crippen LogP contribution < -0.4 is 4.90 Å². The third kappa shape index (κ3) is 7.25. The average Bonchev–Trinajstić information content (AvgIpc) is 3.24. The molecule has 0 radical (unpaired) electrons. The van der Waals surface area contributed by atoms with Crippen LogP contribution in [0.15, 0.2) is 57.2 Å². The number of carbonyl (C=O) groups excluding carboxylic acids is 1. The molecule has 0 bridgehead atoms. The minimum absolute atomic E-state index is 0.0846. The van der Waals surface area contributed by atoms with E-state index in [2.05, 4.69) is 77.5 Å². The average molecular weight is 487 g/mol. The van der Waals surface area contributed by atoms with Crippen molar-refractivity contribution in [3.63, 3.8) is 0 Å². The number of hydrogen-bond donors (Lipinski definition) is 0. The summed E-state index contributed by atoms with van der Waals surface area (Å²) >= 11 is 4.69. The van der Waals surface area contributed by atoms with E-state index in [1.807, 2.05) is 21.1 Å². The zero-order valence-electron chi connectivity index (χ0n) is 19.2. The molecule has 170 valence electrons. The van der Waals surface area contributed by atoms with Crippen molar-refractivity contribution in [1.29, 1.82) is 0 Å². The molecule has 0 N–H and O–H groups in total. The number of aromatic nitrogens is 2. The number of amides is 1. The van der Waals surface area contributed by atoms with Crippen LogP contribution in [0.5, 0.6) is 0 Å². The summed E-state index contributed by atoms with van der Waals surface area (Å²) in [6.45, 7) is 5.00. The topological polar surface area (TPSA) is 49.3 Å². The molecule has 0 aliphatic carbocycles. The smallest absolute Gasteiger partial charge is 0.233 e. The van der Waals surface area contributed by atoms with Gasteiger partial charge in [-0.25, -0.2) is 0 Å². The van der Waals surface area contributed by atoms with E-state index in [1.54, 1.807) is 28.0 Å². The third-order valence-electron chi connectivity index (χ3n) is 5.01. The molecule has 8 heteroatoms. The van der Waals surface area contributed by atoms with Crippen molar-refractivity contribution in [3.8, 4) is 0 Å². The Kier molecular flexibility index (Phi) is 9.02. The summed E-state index contributed by atoms with van der Waals surface area (Å²) in [7, 11) is 5.88. The van der Waals surface area contributed by atoms with E-state index in [1.165, 1.54) is 22.9 Å². The molecule has 0 saturated carbocycles. The molecule has 0 spiro atoms. The van der Waals surface area contributed by atoms with Gasteiger partial charge in [-0.05, 0) is 34.7 Å². The van der Waals surface area contributed by atoms with Crippen molar-refractivity contribution in [2.45, 2.75) is 40.7 Å². The number of anilines is 1. The molecule has 1 aromatic heterocycles. The summed E-state index contributed by atoms with van der Waals surface area (Å²) in [6, 6.07) is 17.0. The first-order valence-electron chi connectivity index (χ1n) is 10.5. The minimum Gasteiger partial charge on any atom is -0.378 e. The van der Waals surface area contributed by atoms with Gasteiger partial charge in [0.05, 0.1) is 5.75 Å². The standard InChI is InChI=1S/C24H30N4OS3/c1-17(2)20-10-6-19(7-11-20)15-30-23-25-26-24(32-23)31-16-22(29)28(5)14-18-8-12-21(13-9-18)27(3)4/h6-13,17H,14-16H2,1-5H3. The first-order valence-corrected chi connectivity index (χ1v) is 13.3. The summed E-state index contributed by atoms with van der Waals surface area (Å²) in [6.07, 6.45) is 0. The number of thioether (sulfide) groups is 2. The van der Waals surface area contributed by atoms with E-state index in [4.69, 9.17) is 0 Å². The van der Waals surface area contributed by atoms with Gasteiger partial charge in [0.15, 0.2) is 8.68 Å². The van der Waals surface area contributed by atoms with E-state index >= 15 is 0 Å². The Morgan fingerprint density at radius 2 is 1.50 bits per heavy atom. The lowest BCUT2D eigenvalue weighted by atomic mass is 10.0. The second-order valence-corrected chi connectivity index (χ2v) is 11.5. The quantitative estimate of drug-likeness (QED) is 0.339. The molecule has 32 heavy (non-hydrogen) atoms. The van der Waals surface area contributed by atoms with Crippen molar-refractivity contribution >= 4 is 46.5 Å². The predicted molar refractivity (Wildman–Crippen MR) is 138 cm³/mol. The van der Waals surface area contributed by atoms with Gasteiger partial charge in [-0.2, -0.15) is 0 Å². The van der Waals surface area contributed by atoms with Crippen LogP contribution in [0.3, 0.4) is 0 Å². The number of hydrogen-bond acceptors (Lipinski definition) is 7. The number of benzene rings is 2. The van der Waals surface area contributed by atoms with Crippen LogP contribution in [0.25, 0.3) is 0 Å². The fourth-order valence-corrected chi connectivity index (χ4v) is 5.87. The monoisotopic (exact) mass is 486 g/mol. The number of carbonyl (C=O) groups is 1. The van der Waals surface area contributed by atoms with Crippen LogP contribution in [0.1, 0.15) is 36.5 Å². The lowest BCUT2D eigenvalue weighted by Crippen LogP contribution is -2.27. The molecular weight excluding hydrogens is 456 g/mol. The maximum absolute atomic E-state index is 12.5. The van der Waals surface area contributed by atoms with Crippen LogP contribution in [0.2, 0.25) is 0 Å². The highest BCUT2D eigenvalue weighted by Crippen LogP contribution is 2.31. The van der Waals surface area contributed by atoms with Crippen molar-refractivity contribution in [1.82, 2.24) is 15.1 Å². The molecule has 0 aliphatic heterocycles. The molecule has 3 aromatic rings. The van der Waals surface area contributed by atoms with Crippen LogP contribution in [-0.4, -0.2) is 47.9 Å². The Balaban J connectivity index is 1.44. The van der Waals surface area contributed by atoms with Crippen molar-refractivity contribution < 1.29 is 4.79 Å². The molecule has 3 rings (SSSR count). The van der Waals surface area contributed by atoms with E-state index in [9.17, 15) is 4.79 Å². The Bertz CT molecular complexity index is 1000. The summed E-state index contributed by atoms with van der Waals surface area (Å²) in [5.74, 6) is 1.86. The summed E-state index contributed by atoms with van der Waals surface area (Å²) in [5, 5.41) is 8.51. The SMILES string of the molecule is CC(C)c1ccc(CSc2nnc(SCC(=O)N(C)Cc3ccc(N(C)C)cc3)s2)cc1. The molecule has 0 atom stereocenters. The lowest BCUT2D eigenvalue weighted by Gasteiger charge is -2.18. The molecular formula is C24H30N4OS3. The first kappa shape index (κ1) is 24.6. The summed E-state index contributed by atoms with van der Waals surface area (Å²) < 4.78 is 1.77. The molecule has 0 unspecified atom stereocenters. The maximum Gasteiger partial charge on any atom is 0.233 e. The molecule has 2 aromatic carbocycles. The van der Waals surface area contributed by atoms with E-state index < -0.39 is 0 Å². The summed E-state index contributed by atoms with van der Waals surface area (Å²) in [4.78, 5) is 16.4. The minimum atomic E-state index is 0.0846. The van der Waals surface area contributed by atoms with Gasteiger partial charge in [-0.15, -0.1) is 10.2 Å². The van der Waals surface area contributed by atoms with Gasteiger partial charge in [0.2, 0.25) is 5.91 Å². The van der Waals surface area contributed by atoms with Gasteiger partial charge in [0, 0.05) is 39.1 Å². The molecule has 0 aliphatic rings. The van der Waals surface area contributed by atoms with Gasteiger partial charge in [0.1, 0.15) is 0 Å². The van der Waals surface area contributed by atoms with Crippen molar-refractivity contribution in [2.24, 2.45) is 0 Å². The maximum atomic E-state index is 12.5. The Hall–Kier alpha value is -2.03. The van der Waals surface area contributed by atoms with Gasteiger partial charge in [-0.3, -0.25) is 4.79 Å². The first-order chi connectivity index (χ1) is 15.3. The Morgan fingerprint density at radius 3 is 2.09 bits per heavy atom. The highest BCUT2D eigenvalue weighted by atomic mass is 32.2. The molecule has 1 heterocycles. The highest BCUT2D eigenvalue weighted by molar-refractivity contribution is 8.03. The fourth-order valence-electron chi connectivity index (χ4n) is 2.95. The second-order valence-electron chi connectivity index (χ2n) is 8.12. The second kappa shape index (κ2) is 11.7. The van der Waals surface area contributed by atoms with Crippen molar-refractivity contribution in [3.05, 3.63) is 65.2 Å². The van der Waals surface area contributed by atoms with E-state index in [0.29, 0.717) is 18.2 Å². The Labute approximate surface area is 203 Å². The highest BCUT2D eigenvalue weighted by Gasteiger charge is 2.13. The molecule has 5 nitrogen and oxygen atoms in total. The predicted octanol–water partition coefficient (Wildman–Crippen LogP) is 5.77. The van der Waals surface area contributed by atoms with Gasteiger partial charge in [-0.1, -0.05) is 85.1 Å². The van der Waals surface area contributed by atoms with E-state index in [0.717, 1.165) is 25.7 Å². The Morgan fingerprint density at radius 1 is 0.906 bits per heavy atom. The largest absolute Gasteiger partial charge is 0.378 e. The number of rotatable bonds is 10. The van der Waals surface area contributed by atoms with Crippen LogP contribution in [0.4, 0.5) is 5.69 Å². The molecule has 0 saturated heterocycles. The van der Waals surface area contributed by atoms with Crippen molar-refractivity contribution in [2.75, 3.05) is 31.8 Å². The van der Waals surface area contributed by atoms with Gasteiger partial charge < -0.3 is 9.80 Å². The molecule has 1 amide bonds. The lowest BCUT2D eigenvalue weighted by molar-refractivity contribution is -0.127. The molecule has 0 fully saturated rings. The van der Waals surface area contributed by atoms with Gasteiger partial charge in [0.25, 0.3) is 0 Å². The zero-order chi connectivity index (χ0) is 23.1. The van der Waals surface area contributed by atoms with Crippen LogP contribution in [0, 0.1) is 0 Å². The van der Waals surface area contributed by atoms with Crippen LogP contribution in [-0.2, 0) is 17.1 Å². The van der Waals surface area contributed by atoms with Gasteiger partial charge >= 0.3 is 0 Å². The van der Waals surface area contributed by atoms with Crippen LogP contribution >= 0.6 is 34.9 Å². The summed E-state index contributed by atoms with van der Waals surface area (Å²) in [5.41, 5.74) is 4.90. The normalized spacial score (nSPS) is 11.1. The number of nitrogens with zero attached hydrogens (tertiary/aromatic N) is 4. The third-order valence-corrected chi connectivity index (χ3v) is 8.26. The zero-order valence-corrected chi connectivity index (χ0v) is 21.7. The fraction of sp³-hybridized carbons (Fsp3) is 0.375.